The molecule has 9 heteroatoms. The van der Waals surface area contributed by atoms with Gasteiger partial charge in [0.25, 0.3) is 5.91 Å². The van der Waals surface area contributed by atoms with Crippen LogP contribution in [0.15, 0.2) is 18.2 Å². The molecular formula is C26H32N4O5. The topological polar surface area (TPSA) is 99.3 Å². The molecule has 1 aromatic rings. The molecule has 0 aliphatic carbocycles. The molecule has 4 fully saturated rings. The molecule has 0 saturated carbocycles. The van der Waals surface area contributed by atoms with E-state index in [2.05, 4.69) is 21.2 Å². The Morgan fingerprint density at radius 2 is 1.77 bits per heavy atom. The van der Waals surface area contributed by atoms with Crippen molar-refractivity contribution in [3.05, 3.63) is 29.3 Å². The van der Waals surface area contributed by atoms with Crippen molar-refractivity contribution in [1.29, 1.82) is 0 Å². The van der Waals surface area contributed by atoms with E-state index in [1.165, 1.54) is 0 Å². The number of amides is 4. The van der Waals surface area contributed by atoms with Gasteiger partial charge in [-0.3, -0.25) is 24.5 Å². The van der Waals surface area contributed by atoms with E-state index in [0.717, 1.165) is 63.1 Å². The highest BCUT2D eigenvalue weighted by Gasteiger charge is 2.48. The summed E-state index contributed by atoms with van der Waals surface area (Å²) in [6.07, 6.45) is 4.31. The summed E-state index contributed by atoms with van der Waals surface area (Å²) in [5.74, 6) is -0.373. The van der Waals surface area contributed by atoms with E-state index < -0.39 is 6.04 Å². The Balaban J connectivity index is 1.10. The highest BCUT2D eigenvalue weighted by Crippen LogP contribution is 2.45. The average Bonchev–Trinajstić information content (AvgIpc) is 3.19. The second-order valence-electron chi connectivity index (χ2n) is 10.8. The van der Waals surface area contributed by atoms with Crippen molar-refractivity contribution in [3.8, 4) is 0 Å². The molecule has 1 aromatic carbocycles. The lowest BCUT2D eigenvalue weighted by Gasteiger charge is -2.55. The number of likely N-dealkylation sites (tertiary alicyclic amines) is 1. The molecular weight excluding hydrogens is 448 g/mol. The molecule has 1 N–H and O–H groups in total. The van der Waals surface area contributed by atoms with Gasteiger partial charge in [0.05, 0.1) is 0 Å². The fourth-order valence-corrected chi connectivity index (χ4v) is 6.52. The number of ether oxygens (including phenoxy) is 1. The van der Waals surface area contributed by atoms with E-state index in [0.29, 0.717) is 37.6 Å². The number of imide groups is 1. The van der Waals surface area contributed by atoms with Crippen molar-refractivity contribution < 1.29 is 23.9 Å². The molecule has 0 radical (unpaired) electrons. The number of nitrogens with zero attached hydrogens (tertiary/aromatic N) is 3. The third kappa shape index (κ3) is 3.90. The van der Waals surface area contributed by atoms with Crippen LogP contribution in [0.5, 0.6) is 0 Å². The fourth-order valence-electron chi connectivity index (χ4n) is 6.52. The molecule has 1 atom stereocenters. The standard InChI is InChI=1S/C26H32N4O5/c31-22-5-4-21(23(32)27-22)30-14-19-18(25(30)34)2-1-3-20(19)29-15-26(16-29)8-10-28(11-9-26)24(33)17-6-12-35-13-7-17/h1-3,17,21H,4-16H2,(H,27,31,32). The molecule has 1 spiro atoms. The monoisotopic (exact) mass is 480 g/mol. The number of rotatable bonds is 3. The zero-order chi connectivity index (χ0) is 24.2. The molecule has 4 saturated heterocycles. The third-order valence-electron chi connectivity index (χ3n) is 8.66. The van der Waals surface area contributed by atoms with Crippen molar-refractivity contribution >= 4 is 29.3 Å². The Morgan fingerprint density at radius 1 is 1.03 bits per heavy atom. The molecule has 5 heterocycles. The molecule has 9 nitrogen and oxygen atoms in total. The largest absolute Gasteiger partial charge is 0.381 e. The number of fused-ring (bicyclic) bond motifs is 1. The van der Waals surface area contributed by atoms with Gasteiger partial charge in [0, 0.05) is 80.5 Å². The van der Waals surface area contributed by atoms with E-state index >= 15 is 0 Å². The first-order valence-electron chi connectivity index (χ1n) is 12.8. The summed E-state index contributed by atoms with van der Waals surface area (Å²) in [7, 11) is 0. The number of anilines is 1. The molecule has 186 valence electrons. The van der Waals surface area contributed by atoms with Crippen molar-refractivity contribution in [1.82, 2.24) is 15.1 Å². The van der Waals surface area contributed by atoms with Crippen LogP contribution < -0.4 is 10.2 Å². The van der Waals surface area contributed by atoms with Gasteiger partial charge < -0.3 is 19.4 Å². The number of hydrogen-bond acceptors (Lipinski definition) is 6. The Bertz CT molecular complexity index is 1070. The summed E-state index contributed by atoms with van der Waals surface area (Å²) in [5.41, 5.74) is 2.92. The third-order valence-corrected chi connectivity index (χ3v) is 8.66. The summed E-state index contributed by atoms with van der Waals surface area (Å²) in [4.78, 5) is 56.0. The van der Waals surface area contributed by atoms with E-state index in [9.17, 15) is 19.2 Å². The van der Waals surface area contributed by atoms with Crippen molar-refractivity contribution in [2.45, 2.75) is 51.1 Å². The quantitative estimate of drug-likeness (QED) is 0.655. The predicted octanol–water partition coefficient (Wildman–Crippen LogP) is 1.30. The number of nitrogens with one attached hydrogen (secondary N) is 1. The fraction of sp³-hybridized carbons (Fsp3) is 0.615. The highest BCUT2D eigenvalue weighted by atomic mass is 16.5. The van der Waals surface area contributed by atoms with Gasteiger partial charge in [-0.15, -0.1) is 0 Å². The first-order valence-corrected chi connectivity index (χ1v) is 12.8. The lowest BCUT2D eigenvalue weighted by Crippen LogP contribution is -2.61. The molecule has 6 rings (SSSR count). The summed E-state index contributed by atoms with van der Waals surface area (Å²) in [5, 5.41) is 2.37. The minimum atomic E-state index is -0.597. The van der Waals surface area contributed by atoms with Gasteiger partial charge in [-0.05, 0) is 44.2 Å². The number of carbonyl (C=O) groups is 4. The van der Waals surface area contributed by atoms with Gasteiger partial charge in [0.1, 0.15) is 6.04 Å². The second kappa shape index (κ2) is 8.62. The maximum Gasteiger partial charge on any atom is 0.255 e. The Morgan fingerprint density at radius 3 is 2.49 bits per heavy atom. The van der Waals surface area contributed by atoms with Crippen LogP contribution in [0.4, 0.5) is 5.69 Å². The first kappa shape index (κ1) is 22.5. The van der Waals surface area contributed by atoms with Crippen LogP contribution in [0.1, 0.15) is 54.4 Å². The van der Waals surface area contributed by atoms with Gasteiger partial charge >= 0.3 is 0 Å². The van der Waals surface area contributed by atoms with Crippen LogP contribution in [0.3, 0.4) is 0 Å². The van der Waals surface area contributed by atoms with Gasteiger partial charge in [-0.1, -0.05) is 6.07 Å². The van der Waals surface area contributed by atoms with Gasteiger partial charge in [-0.25, -0.2) is 0 Å². The van der Waals surface area contributed by atoms with Crippen molar-refractivity contribution in [2.24, 2.45) is 11.3 Å². The van der Waals surface area contributed by atoms with Crippen LogP contribution in [-0.2, 0) is 25.7 Å². The zero-order valence-corrected chi connectivity index (χ0v) is 20.0. The highest BCUT2D eigenvalue weighted by molar-refractivity contribution is 6.06. The minimum Gasteiger partial charge on any atom is -0.381 e. The lowest BCUT2D eigenvalue weighted by atomic mass is 9.71. The van der Waals surface area contributed by atoms with Crippen LogP contribution in [0.2, 0.25) is 0 Å². The predicted molar refractivity (Wildman–Crippen MR) is 126 cm³/mol. The molecule has 35 heavy (non-hydrogen) atoms. The SMILES string of the molecule is O=C1CCC(N2Cc3c(cccc3N3CC4(CCN(C(=O)C5CCOCC5)CC4)C3)C2=O)C(=O)N1. The summed E-state index contributed by atoms with van der Waals surface area (Å²) in [6.45, 7) is 5.26. The zero-order valence-electron chi connectivity index (χ0n) is 20.0. The van der Waals surface area contributed by atoms with Gasteiger partial charge in [0.15, 0.2) is 0 Å². The number of carbonyl (C=O) groups excluding carboxylic acids is 4. The Kier molecular flexibility index (Phi) is 5.55. The van der Waals surface area contributed by atoms with E-state index in [1.54, 1.807) is 4.90 Å². The van der Waals surface area contributed by atoms with Gasteiger partial charge in [-0.2, -0.15) is 0 Å². The van der Waals surface area contributed by atoms with E-state index in [4.69, 9.17) is 4.74 Å². The van der Waals surface area contributed by atoms with Crippen LogP contribution in [-0.4, -0.2) is 78.9 Å². The lowest BCUT2D eigenvalue weighted by molar-refractivity contribution is -0.141. The maximum absolute atomic E-state index is 13.1. The normalized spacial score (nSPS) is 26.6. The number of piperidine rings is 2. The molecule has 5 aliphatic rings. The van der Waals surface area contributed by atoms with Crippen LogP contribution in [0.25, 0.3) is 0 Å². The first-order chi connectivity index (χ1) is 16.9. The summed E-state index contributed by atoms with van der Waals surface area (Å²) >= 11 is 0. The second-order valence-corrected chi connectivity index (χ2v) is 10.8. The Hall–Kier alpha value is -2.94. The van der Waals surface area contributed by atoms with Crippen molar-refractivity contribution in [3.63, 3.8) is 0 Å². The molecule has 0 aromatic heterocycles. The maximum atomic E-state index is 13.1. The molecule has 4 amide bonds. The van der Waals surface area contributed by atoms with E-state index in [-0.39, 0.29) is 35.5 Å². The number of hydrogen-bond donors (Lipinski definition) is 1. The Labute approximate surface area is 204 Å². The summed E-state index contributed by atoms with van der Waals surface area (Å²) in [6, 6.07) is 5.22. The van der Waals surface area contributed by atoms with E-state index in [1.807, 2.05) is 12.1 Å². The smallest absolute Gasteiger partial charge is 0.255 e. The summed E-state index contributed by atoms with van der Waals surface area (Å²) < 4.78 is 5.41. The molecule has 1 unspecified atom stereocenters. The van der Waals surface area contributed by atoms with Crippen molar-refractivity contribution in [2.75, 3.05) is 44.3 Å². The van der Waals surface area contributed by atoms with Crippen LogP contribution in [0, 0.1) is 11.3 Å². The molecule has 0 bridgehead atoms. The minimum absolute atomic E-state index is 0.118. The van der Waals surface area contributed by atoms with Crippen LogP contribution >= 0.6 is 0 Å². The molecule has 5 aliphatic heterocycles. The average molecular weight is 481 g/mol. The number of benzene rings is 1. The van der Waals surface area contributed by atoms with Gasteiger partial charge in [0.2, 0.25) is 17.7 Å².